The first-order valence-electron chi connectivity index (χ1n) is 9.42. The number of halogens is 3. The summed E-state index contributed by atoms with van der Waals surface area (Å²) in [5.41, 5.74) is -1.26. The lowest BCUT2D eigenvalue weighted by molar-refractivity contribution is -0.136. The normalized spacial score (nSPS) is 11.9. The highest BCUT2D eigenvalue weighted by Gasteiger charge is 2.35. The van der Waals surface area contributed by atoms with Crippen LogP contribution in [0.25, 0.3) is 31.7 Å². The second kappa shape index (κ2) is 7.74. The van der Waals surface area contributed by atoms with Gasteiger partial charge in [0, 0.05) is 12.4 Å². The van der Waals surface area contributed by atoms with Crippen LogP contribution in [-0.4, -0.2) is 25.7 Å². The van der Waals surface area contributed by atoms with E-state index < -0.39 is 17.6 Å². The summed E-state index contributed by atoms with van der Waals surface area (Å²) >= 11 is 1.94. The molecule has 0 aliphatic heterocycles. The van der Waals surface area contributed by atoms with E-state index in [4.69, 9.17) is 0 Å². The van der Waals surface area contributed by atoms with Gasteiger partial charge in [0.2, 0.25) is 0 Å². The van der Waals surface area contributed by atoms with Gasteiger partial charge in [-0.25, -0.2) is 9.67 Å². The average molecular weight is 487 g/mol. The summed E-state index contributed by atoms with van der Waals surface area (Å²) in [4.78, 5) is 34.2. The van der Waals surface area contributed by atoms with Crippen LogP contribution in [0.3, 0.4) is 0 Å². The number of amides is 1. The summed E-state index contributed by atoms with van der Waals surface area (Å²) in [7, 11) is 1.41. The van der Waals surface area contributed by atoms with Gasteiger partial charge in [-0.1, -0.05) is 35.6 Å². The minimum absolute atomic E-state index is 0.0461. The number of pyridine rings is 1. The Morgan fingerprint density at radius 3 is 2.55 bits per heavy atom. The molecule has 0 saturated carbocycles. The SMILES string of the molecule is Cn1nc(C(=O)Nc2nc3nc(-c4cccs4)cc(C(F)(F)F)c3s2)c2ccccc2c1=O. The van der Waals surface area contributed by atoms with Gasteiger partial charge in [0.1, 0.15) is 0 Å². The average Bonchev–Trinajstić information content (AvgIpc) is 3.44. The van der Waals surface area contributed by atoms with Gasteiger partial charge < -0.3 is 0 Å². The molecule has 0 aliphatic carbocycles. The highest BCUT2D eigenvalue weighted by molar-refractivity contribution is 7.22. The van der Waals surface area contributed by atoms with E-state index in [0.717, 1.165) is 10.7 Å². The minimum Gasteiger partial charge on any atom is -0.296 e. The summed E-state index contributed by atoms with van der Waals surface area (Å²) in [5.74, 6) is -0.701. The summed E-state index contributed by atoms with van der Waals surface area (Å²) in [6, 6.07) is 10.8. The largest absolute Gasteiger partial charge is 0.417 e. The molecule has 0 radical (unpaired) electrons. The topological polar surface area (TPSA) is 89.8 Å². The van der Waals surface area contributed by atoms with E-state index >= 15 is 0 Å². The third-order valence-corrected chi connectivity index (χ3v) is 6.72. The van der Waals surface area contributed by atoms with Crippen LogP contribution in [0.5, 0.6) is 0 Å². The number of nitrogens with zero attached hydrogens (tertiary/aromatic N) is 4. The molecule has 7 nitrogen and oxygen atoms in total. The molecule has 12 heteroatoms. The van der Waals surface area contributed by atoms with Crippen molar-refractivity contribution in [3.05, 3.63) is 69.5 Å². The van der Waals surface area contributed by atoms with Crippen LogP contribution in [0, 0.1) is 0 Å². The summed E-state index contributed by atoms with van der Waals surface area (Å²) < 4.78 is 42.1. The molecular weight excluding hydrogens is 475 g/mol. The second-order valence-electron chi connectivity index (χ2n) is 6.98. The summed E-state index contributed by atoms with van der Waals surface area (Å²) in [5, 5.41) is 8.84. The number of thiazole rings is 1. The van der Waals surface area contributed by atoms with E-state index in [1.165, 1.54) is 18.4 Å². The van der Waals surface area contributed by atoms with Crippen molar-refractivity contribution in [2.45, 2.75) is 6.18 Å². The fraction of sp³-hybridized carbons (Fsp3) is 0.0952. The van der Waals surface area contributed by atoms with Crippen molar-refractivity contribution in [2.75, 3.05) is 5.32 Å². The van der Waals surface area contributed by atoms with Crippen LogP contribution >= 0.6 is 22.7 Å². The Balaban J connectivity index is 1.59. The number of anilines is 1. The van der Waals surface area contributed by atoms with Crippen LogP contribution in [-0.2, 0) is 13.2 Å². The predicted molar refractivity (Wildman–Crippen MR) is 121 cm³/mol. The van der Waals surface area contributed by atoms with Crippen LogP contribution in [0.1, 0.15) is 16.1 Å². The molecule has 0 unspecified atom stereocenters. The quantitative estimate of drug-likeness (QED) is 0.390. The number of fused-ring (bicyclic) bond motifs is 2. The number of nitrogens with one attached hydrogen (secondary N) is 1. The molecule has 1 aromatic carbocycles. The van der Waals surface area contributed by atoms with Crippen molar-refractivity contribution >= 4 is 54.8 Å². The number of hydrogen-bond donors (Lipinski definition) is 1. The van der Waals surface area contributed by atoms with E-state index in [-0.39, 0.29) is 32.4 Å². The smallest absolute Gasteiger partial charge is 0.296 e. The Hall–Kier alpha value is -3.64. The Bertz CT molecular complexity index is 1590. The zero-order valence-corrected chi connectivity index (χ0v) is 18.3. The lowest BCUT2D eigenvalue weighted by Gasteiger charge is -2.08. The number of aryl methyl sites for hydroxylation is 1. The maximum Gasteiger partial charge on any atom is 0.417 e. The number of alkyl halides is 3. The molecule has 5 aromatic rings. The van der Waals surface area contributed by atoms with Crippen LogP contribution < -0.4 is 10.9 Å². The van der Waals surface area contributed by atoms with E-state index in [9.17, 15) is 22.8 Å². The van der Waals surface area contributed by atoms with E-state index in [2.05, 4.69) is 20.4 Å². The van der Waals surface area contributed by atoms with Gasteiger partial charge in [-0.15, -0.1) is 11.3 Å². The third kappa shape index (κ3) is 3.76. The number of benzene rings is 1. The molecule has 166 valence electrons. The molecule has 0 saturated heterocycles. The van der Waals surface area contributed by atoms with E-state index in [0.29, 0.717) is 27.0 Å². The van der Waals surface area contributed by atoms with Crippen LogP contribution in [0.15, 0.2) is 52.6 Å². The molecule has 0 atom stereocenters. The summed E-state index contributed by atoms with van der Waals surface area (Å²) in [6.07, 6.45) is -4.63. The molecule has 0 spiro atoms. The van der Waals surface area contributed by atoms with Crippen molar-refractivity contribution in [3.63, 3.8) is 0 Å². The molecule has 5 rings (SSSR count). The van der Waals surface area contributed by atoms with Gasteiger partial charge in [-0.05, 0) is 23.6 Å². The standard InChI is InChI=1S/C21H12F3N5O2S2/c1-29-19(31)11-6-3-2-5-10(11)15(28-29)18(30)27-20-26-17-16(33-20)12(21(22,23)24)9-13(25-17)14-7-4-8-32-14/h2-9H,1H3,(H,25,26,27,30). The van der Waals surface area contributed by atoms with Crippen molar-refractivity contribution in [1.29, 1.82) is 0 Å². The van der Waals surface area contributed by atoms with Crippen LogP contribution in [0.2, 0.25) is 0 Å². The van der Waals surface area contributed by atoms with Gasteiger partial charge in [0.05, 0.1) is 26.2 Å². The molecule has 1 amide bonds. The van der Waals surface area contributed by atoms with Crippen molar-refractivity contribution in [3.8, 4) is 10.6 Å². The molecule has 0 aliphatic rings. The van der Waals surface area contributed by atoms with Crippen LogP contribution in [0.4, 0.5) is 18.3 Å². The van der Waals surface area contributed by atoms with Crippen molar-refractivity contribution in [1.82, 2.24) is 19.7 Å². The van der Waals surface area contributed by atoms with Gasteiger partial charge in [0.15, 0.2) is 16.5 Å². The molecule has 0 fully saturated rings. The highest BCUT2D eigenvalue weighted by atomic mass is 32.1. The zero-order chi connectivity index (χ0) is 23.3. The molecule has 33 heavy (non-hydrogen) atoms. The second-order valence-corrected chi connectivity index (χ2v) is 8.93. The number of aromatic nitrogens is 4. The van der Waals surface area contributed by atoms with E-state index in [1.807, 2.05) is 0 Å². The molecule has 4 aromatic heterocycles. The third-order valence-electron chi connectivity index (χ3n) is 4.83. The lowest BCUT2D eigenvalue weighted by Crippen LogP contribution is -2.25. The molecule has 1 N–H and O–H groups in total. The first-order chi connectivity index (χ1) is 15.7. The van der Waals surface area contributed by atoms with Crippen molar-refractivity contribution in [2.24, 2.45) is 7.05 Å². The number of carbonyl (C=O) groups is 1. The first-order valence-corrected chi connectivity index (χ1v) is 11.1. The van der Waals surface area contributed by atoms with Gasteiger partial charge >= 0.3 is 6.18 Å². The number of rotatable bonds is 3. The highest BCUT2D eigenvalue weighted by Crippen LogP contribution is 2.40. The Morgan fingerprint density at radius 2 is 1.85 bits per heavy atom. The lowest BCUT2D eigenvalue weighted by atomic mass is 10.1. The fourth-order valence-corrected chi connectivity index (χ4v) is 4.97. The number of thiophene rings is 1. The maximum atomic E-state index is 13.8. The Kier molecular flexibility index (Phi) is 4.98. The Morgan fingerprint density at radius 1 is 1.09 bits per heavy atom. The van der Waals surface area contributed by atoms with Crippen molar-refractivity contribution < 1.29 is 18.0 Å². The van der Waals surface area contributed by atoms with E-state index in [1.54, 1.807) is 41.8 Å². The monoisotopic (exact) mass is 487 g/mol. The van der Waals surface area contributed by atoms with Gasteiger partial charge in [-0.3, -0.25) is 14.9 Å². The molecular formula is C21H12F3N5O2S2. The predicted octanol–water partition coefficient (Wildman–Crippen LogP) is 4.94. The first kappa shape index (κ1) is 21.2. The number of hydrogen-bond acceptors (Lipinski definition) is 7. The summed E-state index contributed by atoms with van der Waals surface area (Å²) in [6.45, 7) is 0. The van der Waals surface area contributed by atoms with Gasteiger partial charge in [0.25, 0.3) is 11.5 Å². The Labute approximate surface area is 191 Å². The fourth-order valence-electron chi connectivity index (χ4n) is 3.35. The minimum atomic E-state index is -4.63. The zero-order valence-electron chi connectivity index (χ0n) is 16.7. The molecule has 0 bridgehead atoms. The number of carbonyl (C=O) groups excluding carboxylic acids is 1. The molecule has 4 heterocycles. The van der Waals surface area contributed by atoms with Gasteiger partial charge in [-0.2, -0.15) is 23.3 Å². The maximum absolute atomic E-state index is 13.8.